The first-order chi connectivity index (χ1) is 12.5. The highest BCUT2D eigenvalue weighted by molar-refractivity contribution is 6.32. The average molecular weight is 372 g/mol. The number of amides is 1. The zero-order valence-electron chi connectivity index (χ0n) is 14.3. The topological polar surface area (TPSA) is 76.4 Å². The number of anilines is 2. The first kappa shape index (κ1) is 17.8. The number of hydrogen-bond acceptors (Lipinski definition) is 5. The summed E-state index contributed by atoms with van der Waals surface area (Å²) in [5.74, 6) is 1.86. The van der Waals surface area contributed by atoms with Crippen LogP contribution in [0.2, 0.25) is 5.02 Å². The monoisotopic (exact) mass is 371 g/mol. The van der Waals surface area contributed by atoms with Gasteiger partial charge in [0.1, 0.15) is 17.6 Å². The summed E-state index contributed by atoms with van der Waals surface area (Å²) >= 11 is 6.15. The number of nitrogens with one attached hydrogen (secondary N) is 2. The van der Waals surface area contributed by atoms with Gasteiger partial charge >= 0.3 is 0 Å². The lowest BCUT2D eigenvalue weighted by atomic mass is 10.2. The van der Waals surface area contributed by atoms with E-state index in [1.165, 1.54) is 0 Å². The van der Waals surface area contributed by atoms with Crippen LogP contribution in [0.15, 0.2) is 59.1 Å². The largest absolute Gasteiger partial charge is 0.454 e. The van der Waals surface area contributed by atoms with E-state index < -0.39 is 6.04 Å². The number of nitrogens with zero attached hydrogens (tertiary/aromatic N) is 1. The van der Waals surface area contributed by atoms with Crippen LogP contribution in [0.3, 0.4) is 0 Å². The molecule has 0 radical (unpaired) electrons. The van der Waals surface area contributed by atoms with E-state index in [1.54, 1.807) is 38.1 Å². The Kier molecular flexibility index (Phi) is 5.43. The maximum Gasteiger partial charge on any atom is 0.247 e. The lowest BCUT2D eigenvalue weighted by molar-refractivity contribution is -0.116. The van der Waals surface area contributed by atoms with Gasteiger partial charge in [-0.05, 0) is 38.1 Å². The molecule has 1 heterocycles. The summed E-state index contributed by atoms with van der Waals surface area (Å²) in [6, 6.07) is 15.7. The van der Waals surface area contributed by atoms with Crippen LogP contribution in [0.4, 0.5) is 11.5 Å². The van der Waals surface area contributed by atoms with Crippen LogP contribution in [0.1, 0.15) is 12.7 Å². The fourth-order valence-electron chi connectivity index (χ4n) is 2.28. The summed E-state index contributed by atoms with van der Waals surface area (Å²) in [6.07, 6.45) is 0. The molecule has 1 atom stereocenters. The summed E-state index contributed by atoms with van der Waals surface area (Å²) in [7, 11) is 0. The van der Waals surface area contributed by atoms with Gasteiger partial charge in [0.2, 0.25) is 5.91 Å². The van der Waals surface area contributed by atoms with Crippen LogP contribution in [0.5, 0.6) is 11.5 Å². The molecule has 0 aliphatic rings. The second kappa shape index (κ2) is 7.93. The zero-order chi connectivity index (χ0) is 18.5. The molecule has 3 rings (SSSR count). The first-order valence-corrected chi connectivity index (χ1v) is 8.43. The van der Waals surface area contributed by atoms with Crippen LogP contribution >= 0.6 is 11.6 Å². The number of rotatable bonds is 6. The summed E-state index contributed by atoms with van der Waals surface area (Å²) in [5, 5.41) is 10.1. The van der Waals surface area contributed by atoms with Crippen molar-refractivity contribution in [3.63, 3.8) is 0 Å². The molecule has 26 heavy (non-hydrogen) atoms. The Hall–Kier alpha value is -2.99. The zero-order valence-corrected chi connectivity index (χ0v) is 15.1. The molecule has 0 unspecified atom stereocenters. The van der Waals surface area contributed by atoms with Crippen LogP contribution in [0.25, 0.3) is 0 Å². The van der Waals surface area contributed by atoms with Crippen molar-refractivity contribution in [1.29, 1.82) is 0 Å². The van der Waals surface area contributed by atoms with Crippen LogP contribution in [-0.4, -0.2) is 17.1 Å². The molecule has 0 aliphatic heterocycles. The summed E-state index contributed by atoms with van der Waals surface area (Å²) in [4.78, 5) is 12.3. The smallest absolute Gasteiger partial charge is 0.247 e. The van der Waals surface area contributed by atoms with Gasteiger partial charge in [0, 0.05) is 6.07 Å². The van der Waals surface area contributed by atoms with E-state index in [2.05, 4.69) is 15.8 Å². The van der Waals surface area contributed by atoms with Gasteiger partial charge in [-0.3, -0.25) is 4.79 Å². The number of aromatic nitrogens is 1. The van der Waals surface area contributed by atoms with Gasteiger partial charge in [0.05, 0.1) is 10.7 Å². The number of halogens is 1. The maximum atomic E-state index is 12.3. The van der Waals surface area contributed by atoms with E-state index in [0.717, 1.165) is 0 Å². The second-order valence-corrected chi connectivity index (χ2v) is 6.11. The van der Waals surface area contributed by atoms with Crippen molar-refractivity contribution in [2.45, 2.75) is 19.9 Å². The molecule has 7 heteroatoms. The summed E-state index contributed by atoms with van der Waals surface area (Å²) in [6.45, 7) is 3.50. The Morgan fingerprint density at radius 1 is 1.15 bits per heavy atom. The van der Waals surface area contributed by atoms with Crippen LogP contribution < -0.4 is 15.4 Å². The lowest BCUT2D eigenvalue weighted by Gasteiger charge is -2.17. The lowest BCUT2D eigenvalue weighted by Crippen LogP contribution is -2.32. The molecule has 1 aromatic heterocycles. The van der Waals surface area contributed by atoms with Gasteiger partial charge in [-0.15, -0.1) is 0 Å². The summed E-state index contributed by atoms with van der Waals surface area (Å²) in [5.41, 5.74) is 0.673. The van der Waals surface area contributed by atoms with Crippen LogP contribution in [-0.2, 0) is 4.79 Å². The van der Waals surface area contributed by atoms with Crippen LogP contribution in [0, 0.1) is 6.92 Å². The molecule has 3 aromatic rings. The summed E-state index contributed by atoms with van der Waals surface area (Å²) < 4.78 is 10.8. The third kappa shape index (κ3) is 4.34. The van der Waals surface area contributed by atoms with Crippen molar-refractivity contribution in [3.8, 4) is 11.5 Å². The van der Waals surface area contributed by atoms with E-state index in [9.17, 15) is 4.79 Å². The molecule has 2 aromatic carbocycles. The average Bonchev–Trinajstić information content (AvgIpc) is 3.03. The van der Waals surface area contributed by atoms with Crippen molar-refractivity contribution in [3.05, 3.63) is 65.4 Å². The minimum atomic E-state index is -0.525. The number of aryl methyl sites for hydroxylation is 1. The van der Waals surface area contributed by atoms with Crippen molar-refractivity contribution in [2.24, 2.45) is 0 Å². The Balaban J connectivity index is 1.71. The third-order valence-corrected chi connectivity index (χ3v) is 3.90. The van der Waals surface area contributed by atoms with Gasteiger partial charge in [-0.25, -0.2) is 0 Å². The molecule has 0 spiro atoms. The normalized spacial score (nSPS) is 11.7. The van der Waals surface area contributed by atoms with E-state index in [1.807, 2.05) is 30.3 Å². The second-order valence-electron chi connectivity index (χ2n) is 5.71. The minimum Gasteiger partial charge on any atom is -0.454 e. The standard InChI is InChI=1S/C19H18ClN3O3/c1-12-11-18(23-26-12)22-19(24)13(2)21-15-8-4-6-10-17(15)25-16-9-5-3-7-14(16)20/h3-11,13,21H,1-2H3,(H,22,23,24)/t13-/m1/s1. The SMILES string of the molecule is Cc1cc(NC(=O)[C@@H](C)Nc2ccccc2Oc2ccccc2Cl)no1. The first-order valence-electron chi connectivity index (χ1n) is 8.05. The van der Waals surface area contributed by atoms with Gasteiger partial charge < -0.3 is 19.9 Å². The maximum absolute atomic E-state index is 12.3. The Morgan fingerprint density at radius 3 is 2.54 bits per heavy atom. The molecule has 0 fully saturated rings. The number of para-hydroxylation sites is 3. The number of carbonyl (C=O) groups excluding carboxylic acids is 1. The van der Waals surface area contributed by atoms with Crippen molar-refractivity contribution >= 4 is 29.0 Å². The molecule has 2 N–H and O–H groups in total. The van der Waals surface area contributed by atoms with E-state index in [0.29, 0.717) is 33.8 Å². The number of ether oxygens (including phenoxy) is 1. The van der Waals surface area contributed by atoms with E-state index in [-0.39, 0.29) is 5.91 Å². The molecule has 0 bridgehead atoms. The van der Waals surface area contributed by atoms with Crippen molar-refractivity contribution in [2.75, 3.05) is 10.6 Å². The molecular weight excluding hydrogens is 354 g/mol. The fourth-order valence-corrected chi connectivity index (χ4v) is 2.45. The Bertz CT molecular complexity index is 910. The molecular formula is C19H18ClN3O3. The molecule has 134 valence electrons. The highest BCUT2D eigenvalue weighted by Gasteiger charge is 2.16. The fraction of sp³-hybridized carbons (Fsp3) is 0.158. The third-order valence-electron chi connectivity index (χ3n) is 3.59. The molecule has 1 amide bonds. The van der Waals surface area contributed by atoms with Gasteiger partial charge in [0.15, 0.2) is 11.6 Å². The molecule has 0 aliphatic carbocycles. The van der Waals surface area contributed by atoms with Crippen molar-refractivity contribution < 1.29 is 14.1 Å². The van der Waals surface area contributed by atoms with Gasteiger partial charge in [-0.2, -0.15) is 0 Å². The number of hydrogen-bond donors (Lipinski definition) is 2. The predicted octanol–water partition coefficient (Wildman–Crippen LogP) is 4.87. The highest BCUT2D eigenvalue weighted by atomic mass is 35.5. The number of carbonyl (C=O) groups is 1. The molecule has 6 nitrogen and oxygen atoms in total. The van der Waals surface area contributed by atoms with E-state index in [4.69, 9.17) is 20.9 Å². The molecule has 0 saturated heterocycles. The Labute approximate surface area is 156 Å². The van der Waals surface area contributed by atoms with Crippen molar-refractivity contribution in [1.82, 2.24) is 5.16 Å². The van der Waals surface area contributed by atoms with Gasteiger partial charge in [0.25, 0.3) is 0 Å². The highest BCUT2D eigenvalue weighted by Crippen LogP contribution is 2.33. The minimum absolute atomic E-state index is 0.245. The van der Waals surface area contributed by atoms with E-state index >= 15 is 0 Å². The number of benzene rings is 2. The van der Waals surface area contributed by atoms with Gasteiger partial charge in [-0.1, -0.05) is 41.0 Å². The Morgan fingerprint density at radius 2 is 1.85 bits per heavy atom. The predicted molar refractivity (Wildman–Crippen MR) is 101 cm³/mol. The molecule has 0 saturated carbocycles. The quantitative estimate of drug-likeness (QED) is 0.646.